The van der Waals surface area contributed by atoms with Crippen LogP contribution in [0.1, 0.15) is 10.6 Å². The molecular formula is C19H22FN4O4+. The van der Waals surface area contributed by atoms with Crippen molar-refractivity contribution in [1.29, 1.82) is 0 Å². The Bertz CT molecular complexity index is 815. The Kier molecular flexibility index (Phi) is 6.38. The molecule has 0 saturated carbocycles. The number of piperazine rings is 1. The van der Waals surface area contributed by atoms with Gasteiger partial charge in [0, 0.05) is 5.69 Å². The first-order chi connectivity index (χ1) is 13.5. The molecule has 2 aromatic rings. The molecule has 3 rings (SSSR count). The maximum Gasteiger partial charge on any atom is 0.289 e. The van der Waals surface area contributed by atoms with Crippen LogP contribution in [0.4, 0.5) is 10.1 Å². The molecule has 1 fully saturated rings. The summed E-state index contributed by atoms with van der Waals surface area (Å²) >= 11 is 0. The van der Waals surface area contributed by atoms with Crippen LogP contribution in [0.15, 0.2) is 47.1 Å². The number of nitrogens with zero attached hydrogens (tertiary/aromatic N) is 1. The van der Waals surface area contributed by atoms with Crippen LogP contribution in [-0.4, -0.2) is 61.9 Å². The number of anilines is 1. The van der Waals surface area contributed by atoms with E-state index in [9.17, 15) is 18.8 Å². The zero-order chi connectivity index (χ0) is 19.9. The van der Waals surface area contributed by atoms with E-state index in [1.807, 2.05) is 0 Å². The molecule has 28 heavy (non-hydrogen) atoms. The van der Waals surface area contributed by atoms with Crippen LogP contribution in [0.5, 0.6) is 0 Å². The molecule has 1 aromatic carbocycles. The van der Waals surface area contributed by atoms with Crippen LogP contribution >= 0.6 is 0 Å². The predicted molar refractivity (Wildman–Crippen MR) is 98.2 cm³/mol. The number of furan rings is 1. The van der Waals surface area contributed by atoms with Gasteiger partial charge >= 0.3 is 0 Å². The summed E-state index contributed by atoms with van der Waals surface area (Å²) in [6, 6.07) is 8.68. The molecule has 1 aromatic heterocycles. The van der Waals surface area contributed by atoms with Crippen LogP contribution in [0.2, 0.25) is 0 Å². The van der Waals surface area contributed by atoms with E-state index in [2.05, 4.69) is 10.6 Å². The highest BCUT2D eigenvalue weighted by atomic mass is 19.1. The van der Waals surface area contributed by atoms with Gasteiger partial charge in [0.1, 0.15) is 5.82 Å². The fourth-order valence-corrected chi connectivity index (χ4v) is 2.97. The number of rotatable bonds is 6. The van der Waals surface area contributed by atoms with Crippen molar-refractivity contribution in [2.45, 2.75) is 0 Å². The standard InChI is InChI=1S/C19H21FN4O4/c20-14-3-5-15(6-4-14)22-17(25)12-21-18(26)13-23-7-9-24(10-8-23)19(27)16-2-1-11-28-16/h1-6,11H,7-10,12-13H2,(H,21,26)(H,22,25)/p+1. The number of benzene rings is 1. The van der Waals surface area contributed by atoms with Crippen molar-refractivity contribution < 1.29 is 28.1 Å². The van der Waals surface area contributed by atoms with Crippen LogP contribution in [0.3, 0.4) is 0 Å². The number of carbonyl (C=O) groups excluding carboxylic acids is 3. The second-order valence-electron chi connectivity index (χ2n) is 6.53. The van der Waals surface area contributed by atoms with E-state index in [1.54, 1.807) is 17.0 Å². The fraction of sp³-hybridized carbons (Fsp3) is 0.316. The highest BCUT2D eigenvalue weighted by Gasteiger charge is 2.27. The Labute approximate surface area is 161 Å². The molecule has 0 radical (unpaired) electrons. The lowest BCUT2D eigenvalue weighted by molar-refractivity contribution is -0.896. The van der Waals surface area contributed by atoms with Gasteiger partial charge in [-0.05, 0) is 36.4 Å². The predicted octanol–water partition coefficient (Wildman–Crippen LogP) is -0.486. The van der Waals surface area contributed by atoms with Crippen molar-refractivity contribution >= 4 is 23.4 Å². The number of quaternary nitrogens is 1. The zero-order valence-electron chi connectivity index (χ0n) is 15.2. The third-order valence-corrected chi connectivity index (χ3v) is 4.47. The zero-order valence-corrected chi connectivity index (χ0v) is 15.2. The first-order valence-corrected chi connectivity index (χ1v) is 9.00. The Morgan fingerprint density at radius 1 is 1.07 bits per heavy atom. The molecule has 9 heteroatoms. The number of nitrogens with one attached hydrogen (secondary N) is 3. The summed E-state index contributed by atoms with van der Waals surface area (Å²) in [5.41, 5.74) is 0.462. The molecule has 0 atom stereocenters. The molecule has 148 valence electrons. The minimum absolute atomic E-state index is 0.147. The van der Waals surface area contributed by atoms with E-state index in [-0.39, 0.29) is 36.6 Å². The molecule has 0 spiro atoms. The van der Waals surface area contributed by atoms with Gasteiger partial charge in [-0.2, -0.15) is 0 Å². The Morgan fingerprint density at radius 2 is 1.79 bits per heavy atom. The number of amides is 3. The molecule has 2 heterocycles. The fourth-order valence-electron chi connectivity index (χ4n) is 2.97. The van der Waals surface area contributed by atoms with Gasteiger partial charge in [0.2, 0.25) is 5.91 Å². The van der Waals surface area contributed by atoms with Gasteiger partial charge in [0.15, 0.2) is 12.3 Å². The normalized spacial score (nSPS) is 14.5. The highest BCUT2D eigenvalue weighted by molar-refractivity contribution is 5.94. The van der Waals surface area contributed by atoms with Gasteiger partial charge in [-0.25, -0.2) is 4.39 Å². The van der Waals surface area contributed by atoms with E-state index < -0.39 is 0 Å². The topological polar surface area (TPSA) is 96.1 Å². The summed E-state index contributed by atoms with van der Waals surface area (Å²) in [7, 11) is 0. The van der Waals surface area contributed by atoms with Crippen LogP contribution in [-0.2, 0) is 9.59 Å². The Morgan fingerprint density at radius 3 is 2.43 bits per heavy atom. The second kappa shape index (κ2) is 9.14. The van der Waals surface area contributed by atoms with Gasteiger partial charge in [-0.3, -0.25) is 14.4 Å². The third kappa shape index (κ3) is 5.40. The number of carbonyl (C=O) groups is 3. The van der Waals surface area contributed by atoms with E-state index in [4.69, 9.17) is 4.42 Å². The number of halogens is 1. The summed E-state index contributed by atoms with van der Waals surface area (Å²) in [6.45, 7) is 2.42. The lowest BCUT2D eigenvalue weighted by Crippen LogP contribution is -3.15. The molecule has 0 aliphatic carbocycles. The SMILES string of the molecule is O=C(C[NH+]1CCN(C(=O)c2ccco2)CC1)NCC(=O)Nc1ccc(F)cc1. The van der Waals surface area contributed by atoms with Crippen LogP contribution in [0.25, 0.3) is 0 Å². The molecule has 0 bridgehead atoms. The quantitative estimate of drug-likeness (QED) is 0.622. The first kappa shape index (κ1) is 19.6. The molecule has 3 N–H and O–H groups in total. The first-order valence-electron chi connectivity index (χ1n) is 9.00. The third-order valence-electron chi connectivity index (χ3n) is 4.47. The summed E-state index contributed by atoms with van der Waals surface area (Å²) < 4.78 is 18.0. The summed E-state index contributed by atoms with van der Waals surface area (Å²) in [5.74, 6) is -0.849. The van der Waals surface area contributed by atoms with E-state index >= 15 is 0 Å². The van der Waals surface area contributed by atoms with Crippen molar-refractivity contribution in [2.24, 2.45) is 0 Å². The molecule has 1 saturated heterocycles. The second-order valence-corrected chi connectivity index (χ2v) is 6.53. The van der Waals surface area contributed by atoms with Crippen molar-refractivity contribution in [3.05, 3.63) is 54.2 Å². The minimum Gasteiger partial charge on any atom is -0.459 e. The van der Waals surface area contributed by atoms with Crippen LogP contribution in [0, 0.1) is 5.82 Å². The van der Waals surface area contributed by atoms with Crippen LogP contribution < -0.4 is 15.5 Å². The smallest absolute Gasteiger partial charge is 0.289 e. The largest absolute Gasteiger partial charge is 0.459 e. The van der Waals surface area contributed by atoms with Gasteiger partial charge < -0.3 is 24.9 Å². The van der Waals surface area contributed by atoms with Gasteiger partial charge in [-0.15, -0.1) is 0 Å². The lowest BCUT2D eigenvalue weighted by Gasteiger charge is -2.31. The van der Waals surface area contributed by atoms with Crippen molar-refractivity contribution in [3.8, 4) is 0 Å². The van der Waals surface area contributed by atoms with Gasteiger partial charge in [-0.1, -0.05) is 0 Å². The molecule has 1 aliphatic rings. The maximum absolute atomic E-state index is 12.8. The average molecular weight is 389 g/mol. The molecule has 0 unspecified atom stereocenters. The molecular weight excluding hydrogens is 367 g/mol. The highest BCUT2D eigenvalue weighted by Crippen LogP contribution is 2.07. The lowest BCUT2D eigenvalue weighted by atomic mass is 10.3. The summed E-state index contributed by atoms with van der Waals surface area (Å²) in [5, 5.41) is 5.16. The molecule has 8 nitrogen and oxygen atoms in total. The summed E-state index contributed by atoms with van der Waals surface area (Å²) in [4.78, 5) is 38.9. The van der Waals surface area contributed by atoms with Crippen molar-refractivity contribution in [2.75, 3.05) is 44.6 Å². The number of hydrogen-bond donors (Lipinski definition) is 3. The van der Waals surface area contributed by atoms with E-state index in [0.717, 1.165) is 4.90 Å². The van der Waals surface area contributed by atoms with Crippen molar-refractivity contribution in [1.82, 2.24) is 10.2 Å². The average Bonchev–Trinajstić information content (AvgIpc) is 3.23. The molecule has 3 amide bonds. The number of hydrogen-bond acceptors (Lipinski definition) is 4. The van der Waals surface area contributed by atoms with Gasteiger partial charge in [0.05, 0.1) is 39.0 Å². The van der Waals surface area contributed by atoms with Crippen molar-refractivity contribution in [3.63, 3.8) is 0 Å². The maximum atomic E-state index is 12.8. The van der Waals surface area contributed by atoms with E-state index in [1.165, 1.54) is 30.5 Å². The Hall–Kier alpha value is -3.20. The monoisotopic (exact) mass is 389 g/mol. The summed E-state index contributed by atoms with van der Waals surface area (Å²) in [6.07, 6.45) is 1.46. The minimum atomic E-state index is -0.389. The van der Waals surface area contributed by atoms with E-state index in [0.29, 0.717) is 37.6 Å². The molecule has 1 aliphatic heterocycles. The van der Waals surface area contributed by atoms with Gasteiger partial charge in [0.25, 0.3) is 11.8 Å². The Balaban J connectivity index is 1.36.